The fourth-order valence-corrected chi connectivity index (χ4v) is 4.70. The first-order valence-electron chi connectivity index (χ1n) is 13.8. The molecule has 2 N–H and O–H groups in total. The highest BCUT2D eigenvalue weighted by molar-refractivity contribution is 5.74. The first kappa shape index (κ1) is 29.3. The van der Waals surface area contributed by atoms with Gasteiger partial charge in [0.15, 0.2) is 5.82 Å². The van der Waals surface area contributed by atoms with Gasteiger partial charge in [0.1, 0.15) is 23.9 Å². The summed E-state index contributed by atoms with van der Waals surface area (Å²) in [5.41, 5.74) is 3.83. The van der Waals surface area contributed by atoms with Crippen molar-refractivity contribution in [3.8, 4) is 28.4 Å². The van der Waals surface area contributed by atoms with E-state index in [1.807, 2.05) is 52.0 Å². The maximum atomic E-state index is 12.5. The van der Waals surface area contributed by atoms with Gasteiger partial charge in [-0.15, -0.1) is 0 Å². The second kappa shape index (κ2) is 13.6. The molecule has 1 fully saturated rings. The van der Waals surface area contributed by atoms with Crippen LogP contribution in [0.3, 0.4) is 0 Å². The Bertz CT molecular complexity index is 1280. The summed E-state index contributed by atoms with van der Waals surface area (Å²) in [5, 5.41) is 17.7. The van der Waals surface area contributed by atoms with Gasteiger partial charge in [0, 0.05) is 24.2 Å². The molecule has 0 saturated carbocycles. The molecule has 0 bridgehead atoms. The lowest BCUT2D eigenvalue weighted by molar-refractivity contribution is -0.00379. The summed E-state index contributed by atoms with van der Waals surface area (Å²) in [6.07, 6.45) is 0.683. The van der Waals surface area contributed by atoms with Gasteiger partial charge in [0.25, 0.3) is 0 Å². The van der Waals surface area contributed by atoms with Crippen molar-refractivity contribution in [2.24, 2.45) is 0 Å². The van der Waals surface area contributed by atoms with Crippen LogP contribution in [0.1, 0.15) is 43.7 Å². The number of aromatic nitrogens is 3. The smallest absolute Gasteiger partial charge is 0.410 e. The first-order valence-corrected chi connectivity index (χ1v) is 13.8. The van der Waals surface area contributed by atoms with Crippen LogP contribution in [-0.4, -0.2) is 82.9 Å². The fraction of sp³-hybridized carbons (Fsp3) is 0.517. The van der Waals surface area contributed by atoms with E-state index < -0.39 is 6.10 Å². The summed E-state index contributed by atoms with van der Waals surface area (Å²) in [5.74, 6) is 2.39. The average molecular weight is 554 g/mol. The fourth-order valence-electron chi connectivity index (χ4n) is 4.70. The number of hydrogen-bond donors (Lipinski definition) is 2. The summed E-state index contributed by atoms with van der Waals surface area (Å²) < 4.78 is 22.2. The molecule has 1 unspecified atom stereocenters. The zero-order chi connectivity index (χ0) is 28.6. The molecule has 0 radical (unpaired) electrons. The predicted octanol–water partition coefficient (Wildman–Crippen LogP) is 4.53. The quantitative estimate of drug-likeness (QED) is 0.349. The van der Waals surface area contributed by atoms with Gasteiger partial charge >= 0.3 is 6.09 Å². The molecule has 1 aliphatic heterocycles. The Hall–Kier alpha value is -3.70. The molecule has 40 heavy (non-hydrogen) atoms. The number of aliphatic hydroxyl groups is 1. The number of nitrogens with one attached hydrogen (secondary N) is 1. The zero-order valence-corrected chi connectivity index (χ0v) is 23.9. The Balaban J connectivity index is 1.66. The van der Waals surface area contributed by atoms with E-state index in [0.29, 0.717) is 68.2 Å². The van der Waals surface area contributed by atoms with E-state index in [0.717, 1.165) is 28.8 Å². The SMILES string of the molecule is CCCC(O)COc1cccc(-c2nc(NC[C@H]3COCCN3C(=O)OCC)c(C)c(-c3c(C)noc3C)n2)c1. The highest BCUT2D eigenvalue weighted by Gasteiger charge is 2.29. The van der Waals surface area contributed by atoms with Crippen LogP contribution in [0.5, 0.6) is 5.75 Å². The summed E-state index contributed by atoms with van der Waals surface area (Å²) >= 11 is 0. The molecule has 1 saturated heterocycles. The van der Waals surface area contributed by atoms with Crippen LogP contribution in [0, 0.1) is 20.8 Å². The number of rotatable bonds is 11. The highest BCUT2D eigenvalue weighted by atomic mass is 16.6. The largest absolute Gasteiger partial charge is 0.491 e. The maximum Gasteiger partial charge on any atom is 0.410 e. The van der Waals surface area contributed by atoms with Gasteiger partial charge in [-0.05, 0) is 46.2 Å². The van der Waals surface area contributed by atoms with Gasteiger partial charge in [-0.3, -0.25) is 4.90 Å². The van der Waals surface area contributed by atoms with E-state index in [1.165, 1.54) is 0 Å². The molecular formula is C29H39N5O6. The minimum Gasteiger partial charge on any atom is -0.491 e. The lowest BCUT2D eigenvalue weighted by Crippen LogP contribution is -2.52. The van der Waals surface area contributed by atoms with Gasteiger partial charge in [-0.25, -0.2) is 14.8 Å². The Morgan fingerprint density at radius 3 is 2.80 bits per heavy atom. The van der Waals surface area contributed by atoms with E-state index in [2.05, 4.69) is 10.5 Å². The lowest BCUT2D eigenvalue weighted by Gasteiger charge is -2.35. The Morgan fingerprint density at radius 2 is 2.08 bits per heavy atom. The summed E-state index contributed by atoms with van der Waals surface area (Å²) in [6.45, 7) is 11.8. The number of morpholine rings is 1. The topological polar surface area (TPSA) is 132 Å². The summed E-state index contributed by atoms with van der Waals surface area (Å²) in [7, 11) is 0. The average Bonchev–Trinajstić information content (AvgIpc) is 3.29. The van der Waals surface area contributed by atoms with Crippen molar-refractivity contribution in [2.45, 2.75) is 59.6 Å². The molecule has 4 rings (SSSR count). The molecule has 1 aromatic carbocycles. The van der Waals surface area contributed by atoms with Gasteiger partial charge in [0.2, 0.25) is 0 Å². The van der Waals surface area contributed by atoms with Crippen LogP contribution in [-0.2, 0) is 9.47 Å². The van der Waals surface area contributed by atoms with Crippen molar-refractivity contribution < 1.29 is 28.6 Å². The zero-order valence-electron chi connectivity index (χ0n) is 23.9. The third kappa shape index (κ3) is 6.89. The van der Waals surface area contributed by atoms with Crippen LogP contribution in [0.2, 0.25) is 0 Å². The number of carbonyl (C=O) groups excluding carboxylic acids is 1. The van der Waals surface area contributed by atoms with E-state index in [1.54, 1.807) is 11.8 Å². The Labute approximate surface area is 234 Å². The van der Waals surface area contributed by atoms with Crippen molar-refractivity contribution in [3.63, 3.8) is 0 Å². The summed E-state index contributed by atoms with van der Waals surface area (Å²) in [6, 6.07) is 7.27. The normalized spacial score (nSPS) is 16.1. The van der Waals surface area contributed by atoms with Crippen LogP contribution in [0.15, 0.2) is 28.8 Å². The first-order chi connectivity index (χ1) is 19.3. The van der Waals surface area contributed by atoms with Gasteiger partial charge in [-0.2, -0.15) is 0 Å². The molecule has 1 amide bonds. The van der Waals surface area contributed by atoms with Crippen molar-refractivity contribution in [1.82, 2.24) is 20.0 Å². The second-order valence-electron chi connectivity index (χ2n) is 9.85. The molecule has 2 aromatic heterocycles. The Morgan fingerprint density at radius 1 is 1.25 bits per heavy atom. The van der Waals surface area contributed by atoms with Crippen molar-refractivity contribution >= 4 is 11.9 Å². The number of aryl methyl sites for hydroxylation is 2. The van der Waals surface area contributed by atoms with Crippen LogP contribution >= 0.6 is 0 Å². The van der Waals surface area contributed by atoms with Gasteiger partial charge < -0.3 is 29.2 Å². The van der Waals surface area contributed by atoms with E-state index in [9.17, 15) is 9.90 Å². The number of anilines is 1. The third-order valence-corrected chi connectivity index (χ3v) is 6.81. The van der Waals surface area contributed by atoms with Gasteiger partial charge in [0.05, 0.1) is 48.9 Å². The summed E-state index contributed by atoms with van der Waals surface area (Å²) in [4.78, 5) is 24.0. The minimum atomic E-state index is -0.524. The third-order valence-electron chi connectivity index (χ3n) is 6.81. The highest BCUT2D eigenvalue weighted by Crippen LogP contribution is 2.33. The molecule has 216 valence electrons. The number of ether oxygens (including phenoxy) is 3. The number of nitrogens with zero attached hydrogens (tertiary/aromatic N) is 4. The number of hydrogen-bond acceptors (Lipinski definition) is 10. The number of aliphatic hydroxyl groups excluding tert-OH is 1. The standard InChI is InChI=1S/C29H39N5O6/c1-6-9-23(35)17-39-24-11-8-10-21(14-24)28-31-26(25-19(4)33-40-20(25)5)18(3)27(32-28)30-15-22-16-37-13-12-34(22)29(36)38-7-2/h8,10-11,14,22-23,35H,6-7,9,12-13,15-17H2,1-5H3,(H,30,31,32)/t22-,23?/m0/s1. The van der Waals surface area contributed by atoms with E-state index in [4.69, 9.17) is 28.7 Å². The number of benzene rings is 1. The predicted molar refractivity (Wildman–Crippen MR) is 150 cm³/mol. The molecule has 3 aromatic rings. The van der Waals surface area contributed by atoms with Crippen molar-refractivity contribution in [2.75, 3.05) is 44.8 Å². The maximum absolute atomic E-state index is 12.5. The molecule has 2 atom stereocenters. The number of amides is 1. The van der Waals surface area contributed by atoms with Gasteiger partial charge in [-0.1, -0.05) is 30.6 Å². The molecule has 11 nitrogen and oxygen atoms in total. The van der Waals surface area contributed by atoms with Crippen LogP contribution in [0.4, 0.5) is 10.6 Å². The molecule has 11 heteroatoms. The lowest BCUT2D eigenvalue weighted by atomic mass is 10.0. The van der Waals surface area contributed by atoms with Crippen molar-refractivity contribution in [1.29, 1.82) is 0 Å². The molecule has 1 aliphatic rings. The second-order valence-corrected chi connectivity index (χ2v) is 9.85. The molecule has 0 spiro atoms. The van der Waals surface area contributed by atoms with E-state index >= 15 is 0 Å². The minimum absolute atomic E-state index is 0.212. The monoisotopic (exact) mass is 553 g/mol. The molecular weight excluding hydrogens is 514 g/mol. The Kier molecular flexibility index (Phi) is 9.94. The number of carbonyl (C=O) groups is 1. The molecule has 0 aliphatic carbocycles. The van der Waals surface area contributed by atoms with E-state index in [-0.39, 0.29) is 18.7 Å². The van der Waals surface area contributed by atoms with Crippen LogP contribution in [0.25, 0.3) is 22.6 Å². The van der Waals surface area contributed by atoms with Crippen molar-refractivity contribution in [3.05, 3.63) is 41.3 Å². The molecule has 3 heterocycles. The van der Waals surface area contributed by atoms with Crippen LogP contribution < -0.4 is 10.1 Å².